The molecule has 7 nitrogen and oxygen atoms in total. The molecule has 0 spiro atoms. The van der Waals surface area contributed by atoms with Crippen LogP contribution >= 0.6 is 12.2 Å². The molecule has 3 aliphatic heterocycles. The van der Waals surface area contributed by atoms with E-state index in [1.807, 2.05) is 30.3 Å². The van der Waals surface area contributed by atoms with Crippen molar-refractivity contribution in [2.24, 2.45) is 0 Å². The zero-order valence-electron chi connectivity index (χ0n) is 21.0. The molecular formula is C28H34N4O3S. The van der Waals surface area contributed by atoms with Gasteiger partial charge in [0.25, 0.3) is 0 Å². The van der Waals surface area contributed by atoms with Gasteiger partial charge in [-0.05, 0) is 41.6 Å². The molecule has 1 unspecified atom stereocenters. The molecule has 5 rings (SSSR count). The van der Waals surface area contributed by atoms with Crippen LogP contribution < -0.4 is 20.1 Å². The van der Waals surface area contributed by atoms with Gasteiger partial charge in [0.15, 0.2) is 5.11 Å². The summed E-state index contributed by atoms with van der Waals surface area (Å²) in [7, 11) is 3.43. The lowest BCUT2D eigenvalue weighted by atomic mass is 9.88. The summed E-state index contributed by atoms with van der Waals surface area (Å²) in [6.07, 6.45) is 2.23. The van der Waals surface area contributed by atoms with Crippen molar-refractivity contribution in [3.63, 3.8) is 0 Å². The molecule has 8 heteroatoms. The van der Waals surface area contributed by atoms with Crippen LogP contribution in [0.1, 0.15) is 17.2 Å². The molecule has 0 saturated carbocycles. The Kier molecular flexibility index (Phi) is 7.87. The molecule has 1 atom stereocenters. The van der Waals surface area contributed by atoms with Crippen LogP contribution in [0.5, 0.6) is 11.5 Å². The van der Waals surface area contributed by atoms with E-state index in [0.29, 0.717) is 5.11 Å². The number of rotatable bonds is 7. The summed E-state index contributed by atoms with van der Waals surface area (Å²) < 4.78 is 16.9. The van der Waals surface area contributed by atoms with Gasteiger partial charge in [-0.3, -0.25) is 9.80 Å². The van der Waals surface area contributed by atoms with Crippen molar-refractivity contribution >= 4 is 23.4 Å². The number of thiocarbonyl (C=S) groups is 1. The largest absolute Gasteiger partial charge is 0.496 e. The summed E-state index contributed by atoms with van der Waals surface area (Å²) in [4.78, 5) is 5.01. The van der Waals surface area contributed by atoms with Gasteiger partial charge < -0.3 is 24.8 Å². The summed E-state index contributed by atoms with van der Waals surface area (Å²) in [5.74, 6) is 1.71. The number of hydrogen-bond donors (Lipinski definition) is 2. The maximum atomic E-state index is 5.73. The van der Waals surface area contributed by atoms with E-state index >= 15 is 0 Å². The van der Waals surface area contributed by atoms with Crippen molar-refractivity contribution in [2.75, 3.05) is 66.7 Å². The number of methoxy groups -OCH3 is 2. The molecule has 36 heavy (non-hydrogen) atoms. The molecule has 0 amide bonds. The first-order valence-electron chi connectivity index (χ1n) is 12.5. The minimum absolute atomic E-state index is 0.0721. The van der Waals surface area contributed by atoms with Gasteiger partial charge >= 0.3 is 0 Å². The lowest BCUT2D eigenvalue weighted by molar-refractivity contribution is 0.0339. The first kappa shape index (κ1) is 24.8. The van der Waals surface area contributed by atoms with Gasteiger partial charge in [0.1, 0.15) is 11.5 Å². The Morgan fingerprint density at radius 3 is 2.42 bits per heavy atom. The van der Waals surface area contributed by atoms with E-state index in [1.165, 1.54) is 11.1 Å². The second-order valence-electron chi connectivity index (χ2n) is 9.25. The van der Waals surface area contributed by atoms with Crippen LogP contribution in [0.15, 0.2) is 65.4 Å². The summed E-state index contributed by atoms with van der Waals surface area (Å²) in [6, 6.07) is 16.2. The van der Waals surface area contributed by atoms with Gasteiger partial charge in [-0.1, -0.05) is 36.4 Å². The summed E-state index contributed by atoms with van der Waals surface area (Å²) in [6.45, 7) is 7.28. The Bertz CT molecular complexity index is 1160. The topological polar surface area (TPSA) is 58.2 Å². The quantitative estimate of drug-likeness (QED) is 0.556. The molecule has 1 fully saturated rings. The molecule has 0 bridgehead atoms. The average Bonchev–Trinajstić information content (AvgIpc) is 2.92. The molecule has 190 valence electrons. The standard InChI is InChI=1S/C28H34N4O3S/c1-33-24-9-5-3-7-20(24)17-21-18-32(12-11-31-13-15-35-16-14-31)19-23-26(21)29-28(36)30-27(23)22-8-4-6-10-25(22)34-2/h3-10,17,27H,11-16,18-19H2,1-2H3,(H2,29,30,36)/b21-17+. The molecule has 0 aliphatic carbocycles. The fraction of sp³-hybridized carbons (Fsp3) is 0.393. The number of hydrogen-bond acceptors (Lipinski definition) is 6. The Morgan fingerprint density at radius 2 is 1.64 bits per heavy atom. The Balaban J connectivity index is 1.53. The fourth-order valence-electron chi connectivity index (χ4n) is 5.19. The Labute approximate surface area is 218 Å². The monoisotopic (exact) mass is 506 g/mol. The van der Waals surface area contributed by atoms with Gasteiger partial charge in [-0.2, -0.15) is 0 Å². The first-order valence-corrected chi connectivity index (χ1v) is 12.9. The van der Waals surface area contributed by atoms with Crippen LogP contribution in [-0.2, 0) is 4.74 Å². The maximum absolute atomic E-state index is 5.73. The highest BCUT2D eigenvalue weighted by atomic mass is 32.1. The number of para-hydroxylation sites is 2. The minimum atomic E-state index is -0.0721. The highest BCUT2D eigenvalue weighted by Crippen LogP contribution is 2.38. The van der Waals surface area contributed by atoms with Crippen LogP contribution in [0, 0.1) is 0 Å². The average molecular weight is 507 g/mol. The third kappa shape index (κ3) is 5.42. The third-order valence-electron chi connectivity index (χ3n) is 7.05. The van der Waals surface area contributed by atoms with E-state index in [0.717, 1.165) is 80.8 Å². The van der Waals surface area contributed by atoms with Crippen LogP contribution in [-0.4, -0.2) is 81.6 Å². The van der Waals surface area contributed by atoms with E-state index in [2.05, 4.69) is 44.7 Å². The second kappa shape index (κ2) is 11.4. The predicted molar refractivity (Wildman–Crippen MR) is 146 cm³/mol. The van der Waals surface area contributed by atoms with E-state index in [-0.39, 0.29) is 6.04 Å². The molecule has 2 aromatic rings. The van der Waals surface area contributed by atoms with Gasteiger partial charge in [-0.25, -0.2) is 0 Å². The van der Waals surface area contributed by atoms with Gasteiger partial charge in [0.05, 0.1) is 33.5 Å². The van der Waals surface area contributed by atoms with Crippen LogP contribution in [0.2, 0.25) is 0 Å². The molecule has 3 heterocycles. The lowest BCUT2D eigenvalue weighted by Gasteiger charge is -2.41. The van der Waals surface area contributed by atoms with E-state index < -0.39 is 0 Å². The Morgan fingerprint density at radius 1 is 0.944 bits per heavy atom. The molecule has 2 aromatic carbocycles. The molecule has 2 N–H and O–H groups in total. The molecule has 0 aromatic heterocycles. The zero-order valence-corrected chi connectivity index (χ0v) is 21.8. The van der Waals surface area contributed by atoms with E-state index in [4.69, 9.17) is 26.4 Å². The normalized spacial score (nSPS) is 22.1. The number of ether oxygens (including phenoxy) is 3. The smallest absolute Gasteiger partial charge is 0.171 e. The van der Waals surface area contributed by atoms with Crippen LogP contribution in [0.25, 0.3) is 6.08 Å². The van der Waals surface area contributed by atoms with Crippen molar-refractivity contribution in [1.82, 2.24) is 20.4 Å². The van der Waals surface area contributed by atoms with Crippen LogP contribution in [0.4, 0.5) is 0 Å². The van der Waals surface area contributed by atoms with E-state index in [1.54, 1.807) is 14.2 Å². The Hall–Kier alpha value is -2.91. The minimum Gasteiger partial charge on any atom is -0.496 e. The third-order valence-corrected chi connectivity index (χ3v) is 7.27. The summed E-state index contributed by atoms with van der Waals surface area (Å²) in [5.41, 5.74) is 5.71. The van der Waals surface area contributed by atoms with Crippen molar-refractivity contribution < 1.29 is 14.2 Å². The molecule has 3 aliphatic rings. The van der Waals surface area contributed by atoms with Crippen molar-refractivity contribution in [2.45, 2.75) is 6.04 Å². The second-order valence-corrected chi connectivity index (χ2v) is 9.66. The van der Waals surface area contributed by atoms with Crippen molar-refractivity contribution in [3.8, 4) is 11.5 Å². The highest BCUT2D eigenvalue weighted by molar-refractivity contribution is 7.80. The fourth-order valence-corrected chi connectivity index (χ4v) is 5.41. The van der Waals surface area contributed by atoms with Gasteiger partial charge in [-0.15, -0.1) is 0 Å². The number of nitrogens with zero attached hydrogens (tertiary/aromatic N) is 2. The summed E-state index contributed by atoms with van der Waals surface area (Å²) >= 11 is 5.68. The summed E-state index contributed by atoms with van der Waals surface area (Å²) in [5, 5.41) is 7.62. The SMILES string of the molecule is COc1ccccc1/C=C1\CN(CCN2CCOCC2)CC2=C1NC(=S)NC2c1ccccc1OC. The molecule has 0 radical (unpaired) electrons. The maximum Gasteiger partial charge on any atom is 0.171 e. The van der Waals surface area contributed by atoms with Crippen LogP contribution in [0.3, 0.4) is 0 Å². The van der Waals surface area contributed by atoms with Gasteiger partial charge in [0, 0.05) is 56.1 Å². The predicted octanol–water partition coefficient (Wildman–Crippen LogP) is 3.21. The number of nitrogens with one attached hydrogen (secondary N) is 2. The van der Waals surface area contributed by atoms with E-state index in [9.17, 15) is 0 Å². The number of benzene rings is 2. The number of morpholine rings is 1. The zero-order chi connectivity index (χ0) is 24.9. The van der Waals surface area contributed by atoms with Crippen molar-refractivity contribution in [1.29, 1.82) is 0 Å². The first-order chi connectivity index (χ1) is 17.7. The van der Waals surface area contributed by atoms with Crippen molar-refractivity contribution in [3.05, 3.63) is 76.5 Å². The highest BCUT2D eigenvalue weighted by Gasteiger charge is 2.34. The lowest BCUT2D eigenvalue weighted by Crippen LogP contribution is -2.51. The molecule has 1 saturated heterocycles. The van der Waals surface area contributed by atoms with Gasteiger partial charge in [0.2, 0.25) is 0 Å². The molecular weight excluding hydrogens is 472 g/mol.